The van der Waals surface area contributed by atoms with Crippen LogP contribution in [0.25, 0.3) is 11.5 Å². The molecule has 0 aliphatic rings. The highest BCUT2D eigenvalue weighted by molar-refractivity contribution is 5.78. The molecule has 1 amide bonds. The van der Waals surface area contributed by atoms with Crippen molar-refractivity contribution in [1.82, 2.24) is 15.5 Å². The van der Waals surface area contributed by atoms with Crippen LogP contribution in [0.1, 0.15) is 18.5 Å². The van der Waals surface area contributed by atoms with Gasteiger partial charge >= 0.3 is 0 Å². The summed E-state index contributed by atoms with van der Waals surface area (Å²) in [4.78, 5) is 12.0. The maximum Gasteiger partial charge on any atom is 0.258 e. The summed E-state index contributed by atoms with van der Waals surface area (Å²) in [6.07, 6.45) is 1.28. The summed E-state index contributed by atoms with van der Waals surface area (Å²) in [6.45, 7) is 1.89. The molecule has 3 rings (SSSR count). The Labute approximate surface area is 139 Å². The Bertz CT molecular complexity index is 771. The zero-order valence-electron chi connectivity index (χ0n) is 13.2. The molecule has 24 heavy (non-hydrogen) atoms. The SMILES string of the molecule is CC(NC(=O)COc1ccc(-c2nnco2)cc1)c1ccccc1. The van der Waals surface area contributed by atoms with Gasteiger partial charge in [-0.05, 0) is 36.8 Å². The van der Waals surface area contributed by atoms with Gasteiger partial charge in [-0.15, -0.1) is 10.2 Å². The number of carbonyl (C=O) groups excluding carboxylic acids is 1. The summed E-state index contributed by atoms with van der Waals surface area (Å²) < 4.78 is 10.6. The van der Waals surface area contributed by atoms with Gasteiger partial charge in [0.25, 0.3) is 5.91 Å². The predicted molar refractivity (Wildman–Crippen MR) is 88.2 cm³/mol. The monoisotopic (exact) mass is 323 g/mol. The minimum atomic E-state index is -0.174. The fraction of sp³-hybridized carbons (Fsp3) is 0.167. The van der Waals surface area contributed by atoms with E-state index in [9.17, 15) is 4.79 Å². The lowest BCUT2D eigenvalue weighted by Crippen LogP contribution is -2.31. The van der Waals surface area contributed by atoms with E-state index in [-0.39, 0.29) is 18.6 Å². The number of hydrogen-bond acceptors (Lipinski definition) is 5. The highest BCUT2D eigenvalue weighted by Gasteiger charge is 2.10. The van der Waals surface area contributed by atoms with Crippen LogP contribution in [-0.4, -0.2) is 22.7 Å². The molecule has 0 fully saturated rings. The van der Waals surface area contributed by atoms with Crippen LogP contribution in [0.15, 0.2) is 65.4 Å². The van der Waals surface area contributed by atoms with Crippen molar-refractivity contribution in [2.45, 2.75) is 13.0 Å². The first-order chi connectivity index (χ1) is 11.7. The summed E-state index contributed by atoms with van der Waals surface area (Å²) in [5, 5.41) is 10.4. The lowest BCUT2D eigenvalue weighted by Gasteiger charge is -2.14. The molecule has 0 aliphatic heterocycles. The third-order valence-corrected chi connectivity index (χ3v) is 3.51. The van der Waals surface area contributed by atoms with Crippen LogP contribution in [0.2, 0.25) is 0 Å². The van der Waals surface area contributed by atoms with Gasteiger partial charge in [-0.25, -0.2) is 0 Å². The number of nitrogens with zero attached hydrogens (tertiary/aromatic N) is 2. The van der Waals surface area contributed by atoms with Gasteiger partial charge < -0.3 is 14.5 Å². The number of rotatable bonds is 6. The maximum absolute atomic E-state index is 12.0. The van der Waals surface area contributed by atoms with E-state index in [2.05, 4.69) is 15.5 Å². The number of nitrogens with one attached hydrogen (secondary N) is 1. The number of ether oxygens (including phenoxy) is 1. The highest BCUT2D eigenvalue weighted by atomic mass is 16.5. The Balaban J connectivity index is 1.51. The van der Waals surface area contributed by atoms with E-state index in [0.717, 1.165) is 11.1 Å². The Morgan fingerprint density at radius 3 is 2.58 bits per heavy atom. The van der Waals surface area contributed by atoms with E-state index >= 15 is 0 Å². The molecule has 0 bridgehead atoms. The number of amides is 1. The number of carbonyl (C=O) groups is 1. The zero-order chi connectivity index (χ0) is 16.8. The molecule has 0 saturated carbocycles. The number of hydrogen-bond donors (Lipinski definition) is 1. The van der Waals surface area contributed by atoms with Crippen LogP contribution < -0.4 is 10.1 Å². The Hall–Kier alpha value is -3.15. The highest BCUT2D eigenvalue weighted by Crippen LogP contribution is 2.20. The Morgan fingerprint density at radius 2 is 1.92 bits per heavy atom. The van der Waals surface area contributed by atoms with Gasteiger partial charge in [-0.1, -0.05) is 30.3 Å². The Morgan fingerprint density at radius 1 is 1.17 bits per heavy atom. The minimum absolute atomic E-state index is 0.0446. The van der Waals surface area contributed by atoms with Gasteiger partial charge in [0.15, 0.2) is 6.61 Å². The van der Waals surface area contributed by atoms with E-state index < -0.39 is 0 Å². The quantitative estimate of drug-likeness (QED) is 0.754. The summed E-state index contributed by atoms with van der Waals surface area (Å²) in [7, 11) is 0. The second-order valence-corrected chi connectivity index (χ2v) is 5.26. The molecule has 1 atom stereocenters. The molecule has 3 aromatic rings. The van der Waals surface area contributed by atoms with Crippen LogP contribution in [0.4, 0.5) is 0 Å². The van der Waals surface area contributed by atoms with E-state index in [1.165, 1.54) is 6.39 Å². The predicted octanol–water partition coefficient (Wildman–Crippen LogP) is 2.99. The maximum atomic E-state index is 12.0. The molecule has 2 aromatic carbocycles. The molecule has 0 aliphatic carbocycles. The van der Waals surface area contributed by atoms with Crippen molar-refractivity contribution >= 4 is 5.91 Å². The largest absolute Gasteiger partial charge is 0.484 e. The van der Waals surface area contributed by atoms with Crippen molar-refractivity contribution in [3.05, 3.63) is 66.6 Å². The van der Waals surface area contributed by atoms with Gasteiger partial charge in [-0.2, -0.15) is 0 Å². The zero-order valence-corrected chi connectivity index (χ0v) is 13.2. The normalized spacial score (nSPS) is 11.7. The van der Waals surface area contributed by atoms with Gasteiger partial charge in [0.2, 0.25) is 12.3 Å². The average Bonchev–Trinajstić information content (AvgIpc) is 3.16. The summed E-state index contributed by atoms with van der Waals surface area (Å²) in [6, 6.07) is 16.8. The summed E-state index contributed by atoms with van der Waals surface area (Å²) in [5.41, 5.74) is 1.84. The molecule has 0 spiro atoms. The van der Waals surface area contributed by atoms with E-state index in [4.69, 9.17) is 9.15 Å². The fourth-order valence-corrected chi connectivity index (χ4v) is 2.25. The van der Waals surface area contributed by atoms with Gasteiger partial charge in [0.1, 0.15) is 5.75 Å². The van der Waals surface area contributed by atoms with Crippen LogP contribution >= 0.6 is 0 Å². The first-order valence-corrected chi connectivity index (χ1v) is 7.56. The Kier molecular flexibility index (Phi) is 4.86. The lowest BCUT2D eigenvalue weighted by atomic mass is 10.1. The first kappa shape index (κ1) is 15.7. The molecule has 6 nitrogen and oxygen atoms in total. The van der Waals surface area contributed by atoms with Gasteiger partial charge in [0, 0.05) is 5.56 Å². The van der Waals surface area contributed by atoms with Crippen molar-refractivity contribution in [2.75, 3.05) is 6.61 Å². The topological polar surface area (TPSA) is 77.2 Å². The average molecular weight is 323 g/mol. The van der Waals surface area contributed by atoms with Crippen LogP contribution in [-0.2, 0) is 4.79 Å². The van der Waals surface area contributed by atoms with Crippen molar-refractivity contribution in [1.29, 1.82) is 0 Å². The number of benzene rings is 2. The number of aromatic nitrogens is 2. The molecule has 0 radical (unpaired) electrons. The van der Waals surface area contributed by atoms with E-state index in [0.29, 0.717) is 11.6 Å². The summed E-state index contributed by atoms with van der Waals surface area (Å²) >= 11 is 0. The molecule has 1 aromatic heterocycles. The molecule has 122 valence electrons. The van der Waals surface area contributed by atoms with Crippen molar-refractivity contribution in [2.24, 2.45) is 0 Å². The molecular formula is C18H17N3O3. The van der Waals surface area contributed by atoms with E-state index in [1.54, 1.807) is 24.3 Å². The lowest BCUT2D eigenvalue weighted by molar-refractivity contribution is -0.123. The smallest absolute Gasteiger partial charge is 0.258 e. The van der Waals surface area contributed by atoms with Crippen molar-refractivity contribution in [3.8, 4) is 17.2 Å². The second kappa shape index (κ2) is 7.41. The molecule has 1 unspecified atom stereocenters. The van der Waals surface area contributed by atoms with Crippen LogP contribution in [0.5, 0.6) is 5.75 Å². The summed E-state index contributed by atoms with van der Waals surface area (Å²) in [5.74, 6) is 0.865. The third kappa shape index (κ3) is 3.98. The molecule has 1 N–H and O–H groups in total. The molecule has 0 saturated heterocycles. The molecule has 1 heterocycles. The van der Waals surface area contributed by atoms with Crippen LogP contribution in [0, 0.1) is 0 Å². The van der Waals surface area contributed by atoms with Gasteiger partial charge in [-0.3, -0.25) is 4.79 Å². The van der Waals surface area contributed by atoms with Crippen molar-refractivity contribution < 1.29 is 13.9 Å². The third-order valence-electron chi connectivity index (χ3n) is 3.51. The van der Waals surface area contributed by atoms with Crippen molar-refractivity contribution in [3.63, 3.8) is 0 Å². The second-order valence-electron chi connectivity index (χ2n) is 5.26. The first-order valence-electron chi connectivity index (χ1n) is 7.56. The van der Waals surface area contributed by atoms with Crippen LogP contribution in [0.3, 0.4) is 0 Å². The molecule has 6 heteroatoms. The standard InChI is InChI=1S/C18H17N3O3/c1-13(14-5-3-2-4-6-14)20-17(22)11-23-16-9-7-15(8-10-16)18-21-19-12-24-18/h2-10,12-13H,11H2,1H3,(H,20,22). The fourth-order valence-electron chi connectivity index (χ4n) is 2.25. The molecular weight excluding hydrogens is 306 g/mol. The van der Waals surface area contributed by atoms with Gasteiger partial charge in [0.05, 0.1) is 6.04 Å². The minimum Gasteiger partial charge on any atom is -0.484 e. The van der Waals surface area contributed by atoms with E-state index in [1.807, 2.05) is 37.3 Å².